The molecule has 6 heterocycles. The Hall–Kier alpha value is -4.91. The van der Waals surface area contributed by atoms with Gasteiger partial charge in [0.05, 0.1) is 19.3 Å². The van der Waals surface area contributed by atoms with Gasteiger partial charge in [0.25, 0.3) is 11.5 Å². The number of allylic oxidation sites excluding steroid dienone is 2. The van der Waals surface area contributed by atoms with Crippen LogP contribution in [0.25, 0.3) is 16.9 Å². The Morgan fingerprint density at radius 1 is 1.00 bits per heavy atom. The fraction of sp³-hybridized carbons (Fsp3) is 0.406. The Kier molecular flexibility index (Phi) is 7.19. The summed E-state index contributed by atoms with van der Waals surface area (Å²) in [7, 11) is 3.80. The summed E-state index contributed by atoms with van der Waals surface area (Å²) in [4.78, 5) is 47.5. The average molecular weight is 612 g/mol. The molecule has 1 saturated heterocycles. The molecule has 1 fully saturated rings. The molecule has 7 rings (SSSR count). The molecule has 0 saturated carbocycles. The first-order valence-corrected chi connectivity index (χ1v) is 15.3. The highest BCUT2D eigenvalue weighted by molar-refractivity contribution is 6.01. The van der Waals surface area contributed by atoms with E-state index in [9.17, 15) is 9.59 Å². The molecule has 1 amide bonds. The third kappa shape index (κ3) is 5.16. The Bertz CT molecular complexity index is 1870. The zero-order valence-electron chi connectivity index (χ0n) is 26.0. The maximum atomic E-state index is 13.6. The van der Waals surface area contributed by atoms with Crippen LogP contribution in [0.5, 0.6) is 11.5 Å². The van der Waals surface area contributed by atoms with Crippen molar-refractivity contribution < 1.29 is 14.3 Å². The predicted octanol–water partition coefficient (Wildman–Crippen LogP) is 3.34. The van der Waals surface area contributed by atoms with Crippen molar-refractivity contribution in [3.05, 3.63) is 59.0 Å². The zero-order chi connectivity index (χ0) is 31.3. The molecule has 1 N–H and O–H groups in total. The molecule has 3 aliphatic heterocycles. The number of amides is 1. The first-order chi connectivity index (χ1) is 21.7. The van der Waals surface area contributed by atoms with E-state index in [4.69, 9.17) is 19.4 Å². The Morgan fingerprint density at radius 3 is 2.62 bits per heavy atom. The van der Waals surface area contributed by atoms with E-state index in [-0.39, 0.29) is 11.5 Å². The van der Waals surface area contributed by atoms with E-state index in [1.54, 1.807) is 47.4 Å². The van der Waals surface area contributed by atoms with Crippen LogP contribution in [0.4, 0.5) is 23.1 Å². The lowest BCUT2D eigenvalue weighted by atomic mass is 10.0. The minimum absolute atomic E-state index is 0.154. The number of pyridine rings is 1. The van der Waals surface area contributed by atoms with E-state index in [2.05, 4.69) is 27.1 Å². The van der Waals surface area contributed by atoms with E-state index in [0.29, 0.717) is 47.5 Å². The maximum absolute atomic E-state index is 13.6. The van der Waals surface area contributed by atoms with Gasteiger partial charge in [-0.3, -0.25) is 14.5 Å². The van der Waals surface area contributed by atoms with E-state index >= 15 is 0 Å². The lowest BCUT2D eigenvalue weighted by Crippen LogP contribution is -2.53. The number of hydrogen-bond acceptors (Lipinski definition) is 10. The first-order valence-electron chi connectivity index (χ1n) is 15.3. The SMILES string of the molecule is COc1cc(Nc2ncc3c(=O)n4n(c3n2)-c2ccc3c(n2)N(CCC/C=C\C4)C(=O)C(C)(C)O3)ccc1N1CCN(C)CC1. The van der Waals surface area contributed by atoms with Gasteiger partial charge < -0.3 is 24.6 Å². The first kappa shape index (κ1) is 28.8. The van der Waals surface area contributed by atoms with Crippen molar-refractivity contribution in [1.29, 1.82) is 0 Å². The number of carbonyl (C=O) groups excluding carboxylic acids is 1. The number of benzene rings is 1. The van der Waals surface area contributed by atoms with Gasteiger partial charge in [-0.05, 0) is 58.0 Å². The molecule has 1 aromatic carbocycles. The smallest absolute Gasteiger partial charge is 0.278 e. The average Bonchev–Trinajstić information content (AvgIpc) is 3.30. The second-order valence-corrected chi connectivity index (χ2v) is 12.1. The van der Waals surface area contributed by atoms with E-state index < -0.39 is 5.60 Å². The Morgan fingerprint density at radius 2 is 1.82 bits per heavy atom. The number of piperazine rings is 1. The Balaban J connectivity index is 1.29. The predicted molar refractivity (Wildman–Crippen MR) is 172 cm³/mol. The molecule has 13 heteroatoms. The number of ether oxygens (including phenoxy) is 2. The topological polar surface area (TPSA) is 123 Å². The lowest BCUT2D eigenvalue weighted by molar-refractivity contribution is -0.132. The van der Waals surface area contributed by atoms with Crippen LogP contribution >= 0.6 is 0 Å². The van der Waals surface area contributed by atoms with Crippen LogP contribution in [0.15, 0.2) is 53.5 Å². The standard InChI is InChI=1S/C32H37N9O4/c1-32(2)30(43)39-13-7-5-6-8-14-40-29(42)22-20-33-31(36-27(22)41(40)26-12-11-24(45-32)28(39)35-26)34-21-9-10-23(25(19-21)44-4)38-17-15-37(3)16-18-38/h6,8-12,19-20H,5,7,13-18H2,1-4H3,(H,33,34,36)/b8-6-. The van der Waals surface area contributed by atoms with Crippen molar-refractivity contribution in [2.75, 3.05) is 62.0 Å². The molecule has 13 nitrogen and oxygen atoms in total. The number of likely N-dealkylation sites (N-methyl/N-ethyl adjacent to an activating group) is 1. The number of nitrogens with one attached hydrogen (secondary N) is 1. The molecule has 3 aliphatic rings. The maximum Gasteiger partial charge on any atom is 0.278 e. The quantitative estimate of drug-likeness (QED) is 0.344. The van der Waals surface area contributed by atoms with Crippen LogP contribution in [0.2, 0.25) is 0 Å². The van der Waals surface area contributed by atoms with Gasteiger partial charge in [-0.25, -0.2) is 19.3 Å². The van der Waals surface area contributed by atoms with Crippen LogP contribution in [0.1, 0.15) is 26.7 Å². The summed E-state index contributed by atoms with van der Waals surface area (Å²) in [6.45, 7) is 8.20. The number of methoxy groups -OCH3 is 1. The minimum Gasteiger partial charge on any atom is -0.495 e. The third-order valence-corrected chi connectivity index (χ3v) is 8.58. The number of aromatic nitrogens is 5. The number of hydrogen-bond donors (Lipinski definition) is 1. The molecule has 0 unspecified atom stereocenters. The van der Waals surface area contributed by atoms with Gasteiger partial charge in [0, 0.05) is 50.7 Å². The van der Waals surface area contributed by atoms with Crippen LogP contribution in [0.3, 0.4) is 0 Å². The molecular formula is C32H37N9O4. The molecule has 4 aromatic rings. The summed E-state index contributed by atoms with van der Waals surface area (Å²) in [6.07, 6.45) is 7.03. The molecule has 2 bridgehead atoms. The van der Waals surface area contributed by atoms with Gasteiger partial charge in [0.1, 0.15) is 11.1 Å². The van der Waals surface area contributed by atoms with Crippen molar-refractivity contribution in [1.82, 2.24) is 29.2 Å². The highest BCUT2D eigenvalue weighted by Gasteiger charge is 2.42. The van der Waals surface area contributed by atoms with Gasteiger partial charge >= 0.3 is 0 Å². The second-order valence-electron chi connectivity index (χ2n) is 12.1. The van der Waals surface area contributed by atoms with Crippen molar-refractivity contribution in [2.45, 2.75) is 38.8 Å². The van der Waals surface area contributed by atoms with Crippen molar-refractivity contribution in [2.24, 2.45) is 0 Å². The molecule has 234 valence electrons. The van der Waals surface area contributed by atoms with Crippen LogP contribution in [-0.2, 0) is 11.3 Å². The summed E-state index contributed by atoms with van der Waals surface area (Å²) in [5.74, 6) is 2.32. The highest BCUT2D eigenvalue weighted by atomic mass is 16.5. The molecule has 0 spiro atoms. The number of carbonyl (C=O) groups is 1. The monoisotopic (exact) mass is 611 g/mol. The van der Waals surface area contributed by atoms with Crippen molar-refractivity contribution in [3.63, 3.8) is 0 Å². The number of nitrogens with zero attached hydrogens (tertiary/aromatic N) is 8. The molecular weight excluding hydrogens is 574 g/mol. The van der Waals surface area contributed by atoms with Crippen molar-refractivity contribution in [3.8, 4) is 17.3 Å². The summed E-state index contributed by atoms with van der Waals surface area (Å²) in [5, 5.41) is 3.65. The molecule has 45 heavy (non-hydrogen) atoms. The summed E-state index contributed by atoms with van der Waals surface area (Å²) >= 11 is 0. The lowest BCUT2D eigenvalue weighted by Gasteiger charge is -2.38. The van der Waals surface area contributed by atoms with E-state index in [1.807, 2.05) is 30.4 Å². The zero-order valence-corrected chi connectivity index (χ0v) is 26.0. The molecule has 3 aromatic heterocycles. The number of fused-ring (bicyclic) bond motifs is 5. The normalized spacial score (nSPS) is 18.9. The molecule has 0 atom stereocenters. The molecule has 0 aliphatic carbocycles. The summed E-state index contributed by atoms with van der Waals surface area (Å²) in [5.41, 5.74) is 0.943. The van der Waals surface area contributed by atoms with E-state index in [1.165, 1.54) is 6.20 Å². The number of rotatable bonds is 4. The highest BCUT2D eigenvalue weighted by Crippen LogP contribution is 2.38. The fourth-order valence-electron chi connectivity index (χ4n) is 6.10. The van der Waals surface area contributed by atoms with Gasteiger partial charge in [0.15, 0.2) is 28.6 Å². The van der Waals surface area contributed by atoms with E-state index in [0.717, 1.165) is 56.1 Å². The van der Waals surface area contributed by atoms with Gasteiger partial charge in [-0.2, -0.15) is 4.98 Å². The van der Waals surface area contributed by atoms with Gasteiger partial charge in [-0.15, -0.1) is 0 Å². The fourth-order valence-corrected chi connectivity index (χ4v) is 6.10. The Labute approximate surface area is 260 Å². The van der Waals surface area contributed by atoms with Gasteiger partial charge in [-0.1, -0.05) is 12.2 Å². The second kappa shape index (κ2) is 11.2. The summed E-state index contributed by atoms with van der Waals surface area (Å²) in [6, 6.07) is 9.53. The van der Waals surface area contributed by atoms with Crippen LogP contribution < -0.4 is 30.1 Å². The van der Waals surface area contributed by atoms with Gasteiger partial charge in [0.2, 0.25) is 5.95 Å². The summed E-state index contributed by atoms with van der Waals surface area (Å²) < 4.78 is 15.1. The third-order valence-electron chi connectivity index (χ3n) is 8.58. The molecule has 0 radical (unpaired) electrons. The van der Waals surface area contributed by atoms with Crippen LogP contribution in [0, 0.1) is 0 Å². The van der Waals surface area contributed by atoms with Crippen molar-refractivity contribution >= 4 is 40.1 Å². The van der Waals surface area contributed by atoms with Crippen LogP contribution in [-0.4, -0.2) is 87.6 Å². The minimum atomic E-state index is -1.01. The largest absolute Gasteiger partial charge is 0.495 e. The number of anilines is 4.